The highest BCUT2D eigenvalue weighted by Crippen LogP contribution is 2.24. The van der Waals surface area contributed by atoms with Gasteiger partial charge in [0.25, 0.3) is 5.91 Å². The molecule has 1 aromatic rings. The number of carboxylic acid groups (broad SMARTS) is 1. The molecule has 2 N–H and O–H groups in total. The second kappa shape index (κ2) is 4.46. The lowest BCUT2D eigenvalue weighted by atomic mass is 9.91. The van der Waals surface area contributed by atoms with Gasteiger partial charge in [-0.3, -0.25) is 4.79 Å². The number of carboxylic acids is 1. The van der Waals surface area contributed by atoms with Crippen molar-refractivity contribution in [2.75, 3.05) is 13.1 Å². The van der Waals surface area contributed by atoms with Crippen LogP contribution in [0.4, 0.5) is 0 Å². The molecule has 1 aromatic heterocycles. The van der Waals surface area contributed by atoms with E-state index in [2.05, 4.69) is 0 Å². The fraction of sp³-hybridized carbons (Fsp3) is 0.455. The molecule has 0 bridgehead atoms. The number of aliphatic hydroxyl groups is 1. The molecular weight excluding hydrogens is 242 g/mol. The fourth-order valence-electron chi connectivity index (χ4n) is 1.85. The number of amides is 1. The van der Waals surface area contributed by atoms with Crippen LogP contribution in [0, 0.1) is 0 Å². The number of hydrogen-bond acceptors (Lipinski definition) is 4. The Morgan fingerprint density at radius 1 is 1.35 bits per heavy atom. The minimum absolute atomic E-state index is 0.0828. The maximum absolute atomic E-state index is 11.9. The van der Waals surface area contributed by atoms with Crippen LogP contribution in [0.15, 0.2) is 17.5 Å². The maximum Gasteiger partial charge on any atom is 0.335 e. The highest BCUT2D eigenvalue weighted by atomic mass is 32.1. The predicted octanol–water partition coefficient (Wildman–Crippen LogP) is 0.800. The third-order valence-corrected chi connectivity index (χ3v) is 3.87. The van der Waals surface area contributed by atoms with Gasteiger partial charge >= 0.3 is 5.97 Å². The number of thiophene rings is 1. The number of aliphatic carboxylic acids is 1. The SMILES string of the molecule is O=C(c1cccs1)N1CCC(O)(C(=O)O)CC1. The number of likely N-dealkylation sites (tertiary alicyclic amines) is 1. The van der Waals surface area contributed by atoms with Crippen molar-refractivity contribution in [2.45, 2.75) is 18.4 Å². The Hall–Kier alpha value is -1.40. The highest BCUT2D eigenvalue weighted by molar-refractivity contribution is 7.12. The summed E-state index contributed by atoms with van der Waals surface area (Å²) < 4.78 is 0. The third kappa shape index (κ3) is 2.32. The Balaban J connectivity index is 2.00. The van der Waals surface area contributed by atoms with E-state index >= 15 is 0 Å². The summed E-state index contributed by atoms with van der Waals surface area (Å²) in [5.41, 5.74) is -1.67. The predicted molar refractivity (Wildman–Crippen MR) is 62.0 cm³/mol. The van der Waals surface area contributed by atoms with Gasteiger partial charge in [-0.2, -0.15) is 0 Å². The van der Waals surface area contributed by atoms with E-state index < -0.39 is 11.6 Å². The number of rotatable bonds is 2. The molecule has 0 saturated carbocycles. The molecule has 5 nitrogen and oxygen atoms in total. The van der Waals surface area contributed by atoms with Gasteiger partial charge in [0.1, 0.15) is 0 Å². The summed E-state index contributed by atoms with van der Waals surface area (Å²) in [6, 6.07) is 3.54. The molecule has 0 unspecified atom stereocenters. The number of piperidine rings is 1. The molecule has 1 saturated heterocycles. The van der Waals surface area contributed by atoms with Crippen LogP contribution < -0.4 is 0 Å². The van der Waals surface area contributed by atoms with Crippen LogP contribution in [0.25, 0.3) is 0 Å². The average molecular weight is 255 g/mol. The summed E-state index contributed by atoms with van der Waals surface area (Å²) in [5, 5.41) is 20.4. The van der Waals surface area contributed by atoms with Crippen molar-refractivity contribution in [1.29, 1.82) is 0 Å². The van der Waals surface area contributed by atoms with E-state index in [1.165, 1.54) is 11.3 Å². The van der Waals surface area contributed by atoms with E-state index in [0.29, 0.717) is 4.88 Å². The lowest BCUT2D eigenvalue weighted by Gasteiger charge is -2.35. The summed E-state index contributed by atoms with van der Waals surface area (Å²) in [4.78, 5) is 25.0. The largest absolute Gasteiger partial charge is 0.479 e. The van der Waals surface area contributed by atoms with Gasteiger partial charge in [0.05, 0.1) is 4.88 Å². The standard InChI is InChI=1S/C11H13NO4S/c13-9(8-2-1-7-17-8)12-5-3-11(16,4-6-12)10(14)15/h1-2,7,16H,3-6H2,(H,14,15). The van der Waals surface area contributed by atoms with E-state index in [-0.39, 0.29) is 31.8 Å². The lowest BCUT2D eigenvalue weighted by molar-refractivity contribution is -0.162. The molecule has 2 heterocycles. The second-order valence-electron chi connectivity index (χ2n) is 4.11. The molecule has 0 spiro atoms. The summed E-state index contributed by atoms with van der Waals surface area (Å²) in [6.45, 7) is 0.555. The summed E-state index contributed by atoms with van der Waals surface area (Å²) in [7, 11) is 0. The fourth-order valence-corrected chi connectivity index (χ4v) is 2.54. The van der Waals surface area contributed by atoms with Gasteiger partial charge in [0, 0.05) is 25.9 Å². The monoisotopic (exact) mass is 255 g/mol. The first kappa shape index (κ1) is 12.1. The highest BCUT2D eigenvalue weighted by Gasteiger charge is 2.40. The van der Waals surface area contributed by atoms with E-state index in [1.807, 2.05) is 5.38 Å². The molecule has 0 radical (unpaired) electrons. The number of carbonyl (C=O) groups is 2. The van der Waals surface area contributed by atoms with Crippen LogP contribution in [0.1, 0.15) is 22.5 Å². The molecule has 1 amide bonds. The van der Waals surface area contributed by atoms with Crippen molar-refractivity contribution in [3.05, 3.63) is 22.4 Å². The van der Waals surface area contributed by atoms with Gasteiger partial charge < -0.3 is 15.1 Å². The molecule has 17 heavy (non-hydrogen) atoms. The van der Waals surface area contributed by atoms with Gasteiger partial charge in [-0.1, -0.05) is 6.07 Å². The van der Waals surface area contributed by atoms with Gasteiger partial charge in [-0.15, -0.1) is 11.3 Å². The Labute approximate surface area is 102 Å². The second-order valence-corrected chi connectivity index (χ2v) is 5.05. The van der Waals surface area contributed by atoms with Gasteiger partial charge in [-0.25, -0.2) is 4.79 Å². The summed E-state index contributed by atoms with van der Waals surface area (Å²) in [5.74, 6) is -1.30. The first-order valence-electron chi connectivity index (χ1n) is 5.31. The van der Waals surface area contributed by atoms with Crippen molar-refractivity contribution < 1.29 is 19.8 Å². The van der Waals surface area contributed by atoms with Gasteiger partial charge in [0.15, 0.2) is 5.60 Å². The zero-order valence-electron chi connectivity index (χ0n) is 9.13. The summed E-state index contributed by atoms with van der Waals surface area (Å²) >= 11 is 1.36. The lowest BCUT2D eigenvalue weighted by Crippen LogP contribution is -2.50. The van der Waals surface area contributed by atoms with E-state index in [4.69, 9.17) is 5.11 Å². The van der Waals surface area contributed by atoms with E-state index in [1.54, 1.807) is 17.0 Å². The van der Waals surface area contributed by atoms with Crippen molar-refractivity contribution in [2.24, 2.45) is 0 Å². The number of nitrogens with zero attached hydrogens (tertiary/aromatic N) is 1. The van der Waals surface area contributed by atoms with Crippen molar-refractivity contribution in [3.8, 4) is 0 Å². The van der Waals surface area contributed by atoms with Gasteiger partial charge in [0.2, 0.25) is 0 Å². The van der Waals surface area contributed by atoms with Crippen molar-refractivity contribution in [1.82, 2.24) is 4.90 Å². The maximum atomic E-state index is 11.9. The Bertz CT molecular complexity index is 421. The van der Waals surface area contributed by atoms with Crippen LogP contribution in [0.3, 0.4) is 0 Å². The molecular formula is C11H13NO4S. The van der Waals surface area contributed by atoms with E-state index in [0.717, 1.165) is 0 Å². The zero-order chi connectivity index (χ0) is 12.5. The van der Waals surface area contributed by atoms with Crippen molar-refractivity contribution >= 4 is 23.2 Å². The van der Waals surface area contributed by atoms with Crippen LogP contribution in [-0.2, 0) is 4.79 Å². The Morgan fingerprint density at radius 3 is 2.47 bits per heavy atom. The van der Waals surface area contributed by atoms with E-state index in [9.17, 15) is 14.7 Å². The summed E-state index contributed by atoms with van der Waals surface area (Å²) in [6.07, 6.45) is 0.166. The quantitative estimate of drug-likeness (QED) is 0.819. The zero-order valence-corrected chi connectivity index (χ0v) is 9.94. The topological polar surface area (TPSA) is 77.8 Å². The first-order valence-corrected chi connectivity index (χ1v) is 6.19. The van der Waals surface area contributed by atoms with Crippen LogP contribution in [-0.4, -0.2) is 45.7 Å². The van der Waals surface area contributed by atoms with Crippen LogP contribution in [0.2, 0.25) is 0 Å². The average Bonchev–Trinajstić information content (AvgIpc) is 2.82. The molecule has 1 aliphatic heterocycles. The minimum Gasteiger partial charge on any atom is -0.479 e. The minimum atomic E-state index is -1.67. The molecule has 1 aliphatic rings. The molecule has 0 aliphatic carbocycles. The smallest absolute Gasteiger partial charge is 0.335 e. The van der Waals surface area contributed by atoms with Crippen LogP contribution >= 0.6 is 11.3 Å². The number of carbonyl (C=O) groups excluding carboxylic acids is 1. The molecule has 0 aromatic carbocycles. The molecule has 1 fully saturated rings. The normalized spacial score (nSPS) is 19.0. The Morgan fingerprint density at radius 2 is 2.00 bits per heavy atom. The van der Waals surface area contributed by atoms with Gasteiger partial charge in [-0.05, 0) is 11.4 Å². The first-order chi connectivity index (χ1) is 8.03. The molecule has 92 valence electrons. The molecule has 0 atom stereocenters. The molecule has 6 heteroatoms. The molecule has 2 rings (SSSR count). The third-order valence-electron chi connectivity index (χ3n) is 3.01. The van der Waals surface area contributed by atoms with Crippen LogP contribution in [0.5, 0.6) is 0 Å². The van der Waals surface area contributed by atoms with Crippen molar-refractivity contribution in [3.63, 3.8) is 0 Å². The number of hydrogen-bond donors (Lipinski definition) is 2. The Kier molecular flexibility index (Phi) is 3.17.